The fraction of sp³-hybridized carbons (Fsp3) is 0.429. The van der Waals surface area contributed by atoms with Crippen LogP contribution < -0.4 is 5.32 Å². The molecular formula is C14H17Cl2N. The van der Waals surface area contributed by atoms with Crippen LogP contribution in [0.3, 0.4) is 0 Å². The second kappa shape index (κ2) is 7.61. The maximum absolute atomic E-state index is 5.99. The van der Waals surface area contributed by atoms with Crippen molar-refractivity contribution in [3.05, 3.63) is 33.8 Å². The summed E-state index contributed by atoms with van der Waals surface area (Å²) in [6.07, 6.45) is 2.90. The lowest BCUT2D eigenvalue weighted by atomic mass is 10.0. The highest BCUT2D eigenvalue weighted by molar-refractivity contribution is 6.42. The summed E-state index contributed by atoms with van der Waals surface area (Å²) in [5.41, 5.74) is 1.20. The molecule has 0 aliphatic rings. The van der Waals surface area contributed by atoms with Gasteiger partial charge in [-0.15, -0.1) is 11.8 Å². The fourth-order valence-electron chi connectivity index (χ4n) is 1.67. The monoisotopic (exact) mass is 269 g/mol. The van der Waals surface area contributed by atoms with Gasteiger partial charge in [0.1, 0.15) is 0 Å². The number of nitrogens with one attached hydrogen (secondary N) is 1. The zero-order valence-corrected chi connectivity index (χ0v) is 11.7. The Kier molecular flexibility index (Phi) is 6.44. The van der Waals surface area contributed by atoms with Crippen LogP contribution in [0.1, 0.15) is 25.3 Å². The van der Waals surface area contributed by atoms with Crippen LogP contribution >= 0.6 is 23.2 Å². The third kappa shape index (κ3) is 5.00. The van der Waals surface area contributed by atoms with E-state index in [-0.39, 0.29) is 0 Å². The Hall–Kier alpha value is -0.680. The van der Waals surface area contributed by atoms with Gasteiger partial charge in [0.2, 0.25) is 0 Å². The lowest BCUT2D eigenvalue weighted by Crippen LogP contribution is -2.27. The summed E-state index contributed by atoms with van der Waals surface area (Å²) >= 11 is 11.9. The van der Waals surface area contributed by atoms with Crippen molar-refractivity contribution >= 4 is 23.2 Å². The molecule has 17 heavy (non-hydrogen) atoms. The minimum Gasteiger partial charge on any atom is -0.317 e. The minimum atomic E-state index is 0.424. The third-order valence-corrected chi connectivity index (χ3v) is 3.41. The molecule has 1 N–H and O–H groups in total. The summed E-state index contributed by atoms with van der Waals surface area (Å²) < 4.78 is 0. The summed E-state index contributed by atoms with van der Waals surface area (Å²) in [5, 5.41) is 4.52. The number of halogens is 2. The molecule has 3 heteroatoms. The number of hydrogen-bond donors (Lipinski definition) is 1. The normalized spacial score (nSPS) is 11.8. The lowest BCUT2D eigenvalue weighted by Gasteiger charge is -2.15. The predicted octanol–water partition coefficient (Wildman–Crippen LogP) is 3.93. The first-order valence-electron chi connectivity index (χ1n) is 5.68. The Morgan fingerprint density at radius 1 is 1.29 bits per heavy atom. The van der Waals surface area contributed by atoms with Crippen LogP contribution in [0.25, 0.3) is 0 Å². The van der Waals surface area contributed by atoms with Crippen molar-refractivity contribution < 1.29 is 0 Å². The van der Waals surface area contributed by atoms with Crippen molar-refractivity contribution in [1.29, 1.82) is 0 Å². The van der Waals surface area contributed by atoms with Crippen LogP contribution in [-0.2, 0) is 6.42 Å². The van der Waals surface area contributed by atoms with E-state index in [2.05, 4.69) is 17.2 Å². The molecule has 0 heterocycles. The molecule has 0 amide bonds. The summed E-state index contributed by atoms with van der Waals surface area (Å²) in [5.74, 6) is 5.99. The van der Waals surface area contributed by atoms with Crippen molar-refractivity contribution in [2.75, 3.05) is 7.05 Å². The summed E-state index contributed by atoms with van der Waals surface area (Å²) in [6, 6.07) is 6.22. The second-order valence-corrected chi connectivity index (χ2v) is 4.72. The summed E-state index contributed by atoms with van der Waals surface area (Å²) in [7, 11) is 1.97. The number of hydrogen-bond acceptors (Lipinski definition) is 1. The molecule has 0 aliphatic heterocycles. The predicted molar refractivity (Wildman–Crippen MR) is 75.7 cm³/mol. The summed E-state index contributed by atoms with van der Waals surface area (Å²) in [6.45, 7) is 1.87. The molecule has 1 nitrogen and oxygen atoms in total. The molecule has 92 valence electrons. The molecule has 0 fully saturated rings. The largest absolute Gasteiger partial charge is 0.317 e. The topological polar surface area (TPSA) is 12.0 Å². The average Bonchev–Trinajstić information content (AvgIpc) is 2.32. The zero-order chi connectivity index (χ0) is 12.7. The maximum Gasteiger partial charge on any atom is 0.0595 e. The van der Waals surface area contributed by atoms with Crippen LogP contribution in [0.15, 0.2) is 18.2 Å². The molecule has 0 radical (unpaired) electrons. The highest BCUT2D eigenvalue weighted by Crippen LogP contribution is 2.23. The molecule has 0 spiro atoms. The third-order valence-electron chi connectivity index (χ3n) is 2.67. The molecule has 0 aliphatic carbocycles. The standard InChI is InChI=1S/C14H17Cl2N/c1-3-4-5-6-12(17-2)9-11-7-8-13(15)14(16)10-11/h7-8,10,12,17H,5-6,9H2,1-2H3. The van der Waals surface area contributed by atoms with Crippen molar-refractivity contribution in [3.63, 3.8) is 0 Å². The van der Waals surface area contributed by atoms with E-state index >= 15 is 0 Å². The van der Waals surface area contributed by atoms with Gasteiger partial charge < -0.3 is 5.32 Å². The molecule has 1 atom stereocenters. The number of likely N-dealkylation sites (N-methyl/N-ethyl adjacent to an activating group) is 1. The van der Waals surface area contributed by atoms with Gasteiger partial charge in [0, 0.05) is 12.5 Å². The Morgan fingerprint density at radius 2 is 2.06 bits per heavy atom. The molecular weight excluding hydrogens is 253 g/mol. The first kappa shape index (κ1) is 14.4. The fourth-order valence-corrected chi connectivity index (χ4v) is 1.99. The van der Waals surface area contributed by atoms with Gasteiger partial charge in [-0.05, 0) is 44.5 Å². The van der Waals surface area contributed by atoms with E-state index < -0.39 is 0 Å². The van der Waals surface area contributed by atoms with Gasteiger partial charge in [-0.25, -0.2) is 0 Å². The first-order valence-corrected chi connectivity index (χ1v) is 6.43. The van der Waals surface area contributed by atoms with E-state index in [0.29, 0.717) is 16.1 Å². The van der Waals surface area contributed by atoms with E-state index in [1.54, 1.807) is 0 Å². The Balaban J connectivity index is 2.59. The smallest absolute Gasteiger partial charge is 0.0595 e. The Labute approximate surface area is 114 Å². The highest BCUT2D eigenvalue weighted by Gasteiger charge is 2.07. The molecule has 1 aromatic carbocycles. The van der Waals surface area contributed by atoms with Crippen LogP contribution in [0, 0.1) is 11.8 Å². The molecule has 0 aromatic heterocycles. The van der Waals surface area contributed by atoms with Gasteiger partial charge in [-0.3, -0.25) is 0 Å². The van der Waals surface area contributed by atoms with Gasteiger partial charge in [-0.2, -0.15) is 0 Å². The minimum absolute atomic E-state index is 0.424. The van der Waals surface area contributed by atoms with E-state index in [1.807, 2.05) is 32.2 Å². The van der Waals surface area contributed by atoms with Crippen LogP contribution in [-0.4, -0.2) is 13.1 Å². The van der Waals surface area contributed by atoms with Crippen LogP contribution in [0.5, 0.6) is 0 Å². The van der Waals surface area contributed by atoms with Crippen molar-refractivity contribution in [2.24, 2.45) is 0 Å². The van der Waals surface area contributed by atoms with Crippen molar-refractivity contribution in [1.82, 2.24) is 5.32 Å². The molecule has 1 rings (SSSR count). The molecule has 0 saturated heterocycles. The average molecular weight is 270 g/mol. The molecule has 1 unspecified atom stereocenters. The van der Waals surface area contributed by atoms with Gasteiger partial charge in [0.25, 0.3) is 0 Å². The number of benzene rings is 1. The zero-order valence-electron chi connectivity index (χ0n) is 10.2. The first-order chi connectivity index (χ1) is 8.17. The summed E-state index contributed by atoms with van der Waals surface area (Å²) in [4.78, 5) is 0. The quantitative estimate of drug-likeness (QED) is 0.799. The Bertz CT molecular complexity index is 418. The van der Waals surface area contributed by atoms with Crippen molar-refractivity contribution in [3.8, 4) is 11.8 Å². The van der Waals surface area contributed by atoms with Gasteiger partial charge in [0.05, 0.1) is 10.0 Å². The molecule has 0 bridgehead atoms. The van der Waals surface area contributed by atoms with E-state index in [9.17, 15) is 0 Å². The van der Waals surface area contributed by atoms with Crippen molar-refractivity contribution in [2.45, 2.75) is 32.2 Å². The lowest BCUT2D eigenvalue weighted by molar-refractivity contribution is 0.528. The molecule has 1 aromatic rings. The number of rotatable bonds is 5. The Morgan fingerprint density at radius 3 is 2.65 bits per heavy atom. The second-order valence-electron chi connectivity index (χ2n) is 3.90. The van der Waals surface area contributed by atoms with Gasteiger partial charge in [0.15, 0.2) is 0 Å². The van der Waals surface area contributed by atoms with E-state index in [1.165, 1.54) is 5.56 Å². The molecule has 0 saturated carbocycles. The van der Waals surface area contributed by atoms with E-state index in [4.69, 9.17) is 23.2 Å². The van der Waals surface area contributed by atoms with E-state index in [0.717, 1.165) is 19.3 Å². The SMILES string of the molecule is CC#CCCC(Cc1ccc(Cl)c(Cl)c1)NC. The van der Waals surface area contributed by atoms with Gasteiger partial charge in [-0.1, -0.05) is 29.3 Å². The van der Waals surface area contributed by atoms with Crippen LogP contribution in [0.2, 0.25) is 10.0 Å². The van der Waals surface area contributed by atoms with Gasteiger partial charge >= 0.3 is 0 Å². The van der Waals surface area contributed by atoms with Crippen LogP contribution in [0.4, 0.5) is 0 Å². The maximum atomic E-state index is 5.99. The highest BCUT2D eigenvalue weighted by atomic mass is 35.5.